The fourth-order valence-corrected chi connectivity index (χ4v) is 3.66. The van der Waals surface area contributed by atoms with Crippen LogP contribution in [0.15, 0.2) is 78.9 Å². The molecule has 0 aliphatic heterocycles. The number of nitrogens with one attached hydrogen (secondary N) is 1. The van der Waals surface area contributed by atoms with Crippen LogP contribution in [0, 0.1) is 11.6 Å². The molecule has 3 aromatic carbocycles. The van der Waals surface area contributed by atoms with E-state index in [9.17, 15) is 18.4 Å². The lowest BCUT2D eigenvalue weighted by atomic mass is 10.0. The molecule has 0 unspecified atom stereocenters. The fourth-order valence-electron chi connectivity index (χ4n) is 3.66. The van der Waals surface area contributed by atoms with Crippen LogP contribution >= 0.6 is 0 Å². The molecule has 0 fully saturated rings. The molecule has 0 aromatic heterocycles. The number of amides is 2. The number of hydrogen-bond donors (Lipinski definition) is 1. The van der Waals surface area contributed by atoms with Gasteiger partial charge in [0.25, 0.3) is 0 Å². The molecule has 0 heterocycles. The predicted octanol–water partition coefficient (Wildman–Crippen LogP) is 5.06. The minimum atomic E-state index is -0.769. The summed E-state index contributed by atoms with van der Waals surface area (Å²) in [5.74, 6) is -1.26. The summed E-state index contributed by atoms with van der Waals surface area (Å²) in [6.45, 7) is 4.04. The molecular formula is C28H30F2N2O2. The SMILES string of the molecule is CC[C@@H](C)NC(=O)[C@@H](Cc1ccccc1)N(Cc1ccc(F)cc1)C(=O)Cc1ccc(F)cc1. The predicted molar refractivity (Wildman–Crippen MR) is 129 cm³/mol. The minimum absolute atomic E-state index is 0.0172. The monoisotopic (exact) mass is 464 g/mol. The van der Waals surface area contributed by atoms with Crippen LogP contribution in [-0.2, 0) is 29.0 Å². The standard InChI is InChI=1S/C28H30F2N2O2/c1-3-20(2)31-28(34)26(17-21-7-5-4-6-8-21)32(19-23-11-15-25(30)16-12-23)27(33)18-22-9-13-24(29)14-10-22/h4-16,20,26H,3,17-19H2,1-2H3,(H,31,34)/t20-,26-/m1/s1. The summed E-state index contributed by atoms with van der Waals surface area (Å²) < 4.78 is 26.8. The Morgan fingerprint density at radius 1 is 0.824 bits per heavy atom. The van der Waals surface area contributed by atoms with Gasteiger partial charge in [0.2, 0.25) is 11.8 Å². The molecule has 0 saturated heterocycles. The molecule has 1 N–H and O–H groups in total. The highest BCUT2D eigenvalue weighted by Crippen LogP contribution is 2.17. The van der Waals surface area contributed by atoms with Gasteiger partial charge >= 0.3 is 0 Å². The zero-order valence-corrected chi connectivity index (χ0v) is 19.5. The smallest absolute Gasteiger partial charge is 0.243 e. The van der Waals surface area contributed by atoms with E-state index >= 15 is 0 Å². The van der Waals surface area contributed by atoms with Gasteiger partial charge in [-0.3, -0.25) is 9.59 Å². The maximum atomic E-state index is 13.5. The van der Waals surface area contributed by atoms with Crippen molar-refractivity contribution in [3.8, 4) is 0 Å². The van der Waals surface area contributed by atoms with Crippen molar-refractivity contribution in [1.82, 2.24) is 10.2 Å². The van der Waals surface area contributed by atoms with Crippen LogP contribution in [0.1, 0.15) is 37.0 Å². The third kappa shape index (κ3) is 7.24. The Kier molecular flexibility index (Phi) is 8.91. The molecule has 0 saturated carbocycles. The van der Waals surface area contributed by atoms with E-state index in [-0.39, 0.29) is 42.5 Å². The number of nitrogens with zero attached hydrogens (tertiary/aromatic N) is 1. The first-order valence-corrected chi connectivity index (χ1v) is 11.5. The average molecular weight is 465 g/mol. The van der Waals surface area contributed by atoms with Crippen molar-refractivity contribution in [3.05, 3.63) is 107 Å². The van der Waals surface area contributed by atoms with Gasteiger partial charge in [-0.05, 0) is 54.3 Å². The third-order valence-electron chi connectivity index (χ3n) is 5.81. The number of halogens is 2. The van der Waals surface area contributed by atoms with Crippen LogP contribution < -0.4 is 5.32 Å². The third-order valence-corrected chi connectivity index (χ3v) is 5.81. The molecule has 0 radical (unpaired) electrons. The normalized spacial score (nSPS) is 12.6. The van der Waals surface area contributed by atoms with Crippen molar-refractivity contribution in [2.45, 2.75) is 51.7 Å². The van der Waals surface area contributed by atoms with Gasteiger partial charge < -0.3 is 10.2 Å². The van der Waals surface area contributed by atoms with Gasteiger partial charge in [-0.25, -0.2) is 8.78 Å². The first kappa shape index (κ1) is 25.1. The lowest BCUT2D eigenvalue weighted by molar-refractivity contribution is -0.141. The molecule has 34 heavy (non-hydrogen) atoms. The lowest BCUT2D eigenvalue weighted by Gasteiger charge is -2.32. The van der Waals surface area contributed by atoms with Crippen LogP contribution in [-0.4, -0.2) is 28.8 Å². The van der Waals surface area contributed by atoms with Gasteiger partial charge in [0.05, 0.1) is 6.42 Å². The molecule has 0 bridgehead atoms. The van der Waals surface area contributed by atoms with E-state index in [0.717, 1.165) is 12.0 Å². The highest BCUT2D eigenvalue weighted by molar-refractivity contribution is 5.89. The van der Waals surface area contributed by atoms with Crippen LogP contribution in [0.25, 0.3) is 0 Å². The largest absolute Gasteiger partial charge is 0.352 e. The molecule has 178 valence electrons. The number of benzene rings is 3. The quantitative estimate of drug-likeness (QED) is 0.456. The van der Waals surface area contributed by atoms with Gasteiger partial charge in [0, 0.05) is 19.0 Å². The summed E-state index contributed by atoms with van der Waals surface area (Å²) in [5, 5.41) is 3.01. The second-order valence-corrected chi connectivity index (χ2v) is 8.47. The van der Waals surface area contributed by atoms with Crippen molar-refractivity contribution in [2.24, 2.45) is 0 Å². The number of carbonyl (C=O) groups excluding carboxylic acids is 2. The highest BCUT2D eigenvalue weighted by atomic mass is 19.1. The molecule has 2 amide bonds. The summed E-state index contributed by atoms with van der Waals surface area (Å²) in [4.78, 5) is 28.5. The Labute approximate surface area is 199 Å². The molecule has 6 heteroatoms. The van der Waals surface area contributed by atoms with Gasteiger partial charge in [-0.2, -0.15) is 0 Å². The minimum Gasteiger partial charge on any atom is -0.352 e. The summed E-state index contributed by atoms with van der Waals surface area (Å²) in [5.41, 5.74) is 2.28. The maximum Gasteiger partial charge on any atom is 0.243 e. The van der Waals surface area contributed by atoms with E-state index in [1.54, 1.807) is 29.2 Å². The summed E-state index contributed by atoms with van der Waals surface area (Å²) >= 11 is 0. The molecule has 0 aliphatic carbocycles. The zero-order valence-electron chi connectivity index (χ0n) is 19.5. The molecule has 3 rings (SSSR count). The van der Waals surface area contributed by atoms with Gasteiger partial charge in [0.1, 0.15) is 17.7 Å². The van der Waals surface area contributed by atoms with Gasteiger partial charge in [-0.1, -0.05) is 61.5 Å². The first-order chi connectivity index (χ1) is 16.4. The van der Waals surface area contributed by atoms with Crippen LogP contribution in [0.3, 0.4) is 0 Å². The van der Waals surface area contributed by atoms with Crippen molar-refractivity contribution in [3.63, 3.8) is 0 Å². The van der Waals surface area contributed by atoms with Crippen LogP contribution in [0.2, 0.25) is 0 Å². The lowest BCUT2D eigenvalue weighted by Crippen LogP contribution is -2.52. The Bertz CT molecular complexity index is 1070. The Hall–Kier alpha value is -3.54. The van der Waals surface area contributed by atoms with Crippen LogP contribution in [0.5, 0.6) is 0 Å². The number of hydrogen-bond acceptors (Lipinski definition) is 2. The topological polar surface area (TPSA) is 49.4 Å². The summed E-state index contributed by atoms with van der Waals surface area (Å²) in [6, 6.07) is 20.3. The molecule has 3 aromatic rings. The van der Waals surface area contributed by atoms with Gasteiger partial charge in [-0.15, -0.1) is 0 Å². The molecule has 0 spiro atoms. The van der Waals surface area contributed by atoms with E-state index in [0.29, 0.717) is 17.5 Å². The van der Waals surface area contributed by atoms with Crippen molar-refractivity contribution >= 4 is 11.8 Å². The second kappa shape index (κ2) is 12.1. The summed E-state index contributed by atoms with van der Waals surface area (Å²) in [7, 11) is 0. The zero-order chi connectivity index (χ0) is 24.5. The molecule has 0 aliphatic rings. The van der Waals surface area contributed by atoms with E-state index in [4.69, 9.17) is 0 Å². The second-order valence-electron chi connectivity index (χ2n) is 8.47. The number of rotatable bonds is 10. The average Bonchev–Trinajstić information content (AvgIpc) is 2.84. The highest BCUT2D eigenvalue weighted by Gasteiger charge is 2.31. The maximum absolute atomic E-state index is 13.5. The Morgan fingerprint density at radius 3 is 1.94 bits per heavy atom. The van der Waals surface area contributed by atoms with Crippen molar-refractivity contribution in [2.75, 3.05) is 0 Å². The van der Waals surface area contributed by atoms with E-state index in [1.165, 1.54) is 24.3 Å². The van der Waals surface area contributed by atoms with E-state index in [2.05, 4.69) is 5.32 Å². The Balaban J connectivity index is 1.95. The van der Waals surface area contributed by atoms with E-state index in [1.807, 2.05) is 44.2 Å². The molecular weight excluding hydrogens is 434 g/mol. The molecule has 4 nitrogen and oxygen atoms in total. The Morgan fingerprint density at radius 2 is 1.38 bits per heavy atom. The fraction of sp³-hybridized carbons (Fsp3) is 0.286. The van der Waals surface area contributed by atoms with Crippen molar-refractivity contribution in [1.29, 1.82) is 0 Å². The molecule has 2 atom stereocenters. The summed E-state index contributed by atoms with van der Waals surface area (Å²) in [6.07, 6.45) is 1.11. The van der Waals surface area contributed by atoms with Crippen molar-refractivity contribution < 1.29 is 18.4 Å². The van der Waals surface area contributed by atoms with E-state index < -0.39 is 6.04 Å². The first-order valence-electron chi connectivity index (χ1n) is 11.5. The number of carbonyl (C=O) groups is 2. The van der Waals surface area contributed by atoms with Gasteiger partial charge in [0.15, 0.2) is 0 Å². The van der Waals surface area contributed by atoms with Crippen LogP contribution in [0.4, 0.5) is 8.78 Å².